The lowest BCUT2D eigenvalue weighted by atomic mass is 10.2. The summed E-state index contributed by atoms with van der Waals surface area (Å²) in [5.74, 6) is 0.667. The summed E-state index contributed by atoms with van der Waals surface area (Å²) in [5.41, 5.74) is 3.81. The Morgan fingerprint density at radius 3 is 2.41 bits per heavy atom. The van der Waals surface area contributed by atoms with Gasteiger partial charge in [-0.1, -0.05) is 12.1 Å². The maximum absolute atomic E-state index is 9.03. The molecule has 0 bridgehead atoms. The molecule has 0 atom stereocenters. The number of nitrogens with zero attached hydrogens (tertiary/aromatic N) is 5. The average molecular weight is 293 g/mol. The van der Waals surface area contributed by atoms with E-state index in [-0.39, 0.29) is 0 Å². The number of nitriles is 1. The number of hydrogen-bond donors (Lipinski definition) is 0. The Kier molecular flexibility index (Phi) is 3.92. The van der Waals surface area contributed by atoms with Crippen LogP contribution in [-0.2, 0) is 0 Å². The fraction of sp³-hybridized carbons (Fsp3) is 0.353. The van der Waals surface area contributed by atoms with Crippen LogP contribution in [0.2, 0.25) is 0 Å². The monoisotopic (exact) mass is 293 g/mol. The highest BCUT2D eigenvalue weighted by Gasteiger charge is 2.20. The molecule has 22 heavy (non-hydrogen) atoms. The third-order valence-electron chi connectivity index (χ3n) is 3.89. The highest BCUT2D eigenvalue weighted by Crippen LogP contribution is 2.19. The van der Waals surface area contributed by atoms with Crippen LogP contribution in [0.4, 0.5) is 11.6 Å². The van der Waals surface area contributed by atoms with Gasteiger partial charge in [-0.15, -0.1) is 0 Å². The summed E-state index contributed by atoms with van der Waals surface area (Å²) in [6, 6.07) is 12.4. The van der Waals surface area contributed by atoms with Gasteiger partial charge in [-0.2, -0.15) is 5.26 Å². The van der Waals surface area contributed by atoms with Gasteiger partial charge in [0.05, 0.1) is 0 Å². The van der Waals surface area contributed by atoms with Crippen molar-refractivity contribution >= 4 is 11.6 Å². The Morgan fingerprint density at radius 2 is 1.73 bits per heavy atom. The van der Waals surface area contributed by atoms with Crippen molar-refractivity contribution in [2.75, 3.05) is 36.0 Å². The van der Waals surface area contributed by atoms with Crippen LogP contribution in [0, 0.1) is 25.2 Å². The van der Waals surface area contributed by atoms with Crippen molar-refractivity contribution in [2.45, 2.75) is 13.8 Å². The Hall–Kier alpha value is -2.61. The van der Waals surface area contributed by atoms with Crippen LogP contribution in [0.3, 0.4) is 0 Å². The van der Waals surface area contributed by atoms with E-state index in [9.17, 15) is 0 Å². The van der Waals surface area contributed by atoms with E-state index in [1.165, 1.54) is 11.3 Å². The van der Waals surface area contributed by atoms with E-state index in [1.807, 2.05) is 6.92 Å². The van der Waals surface area contributed by atoms with Crippen LogP contribution in [0.25, 0.3) is 0 Å². The molecular formula is C17H19N5. The van der Waals surface area contributed by atoms with Crippen LogP contribution >= 0.6 is 0 Å². The van der Waals surface area contributed by atoms with Crippen molar-refractivity contribution in [2.24, 2.45) is 0 Å². The normalized spacial score (nSPS) is 14.8. The lowest BCUT2D eigenvalue weighted by Gasteiger charge is -2.36. The SMILES string of the molecule is Cc1cccc(N2CCN(c3nc(C)cc(C#N)n3)CC2)c1. The van der Waals surface area contributed by atoms with E-state index in [0.29, 0.717) is 11.6 Å². The molecule has 3 rings (SSSR count). The first-order valence-corrected chi connectivity index (χ1v) is 7.48. The molecule has 1 aliphatic rings. The Bertz CT molecular complexity index is 711. The minimum atomic E-state index is 0.434. The van der Waals surface area contributed by atoms with Gasteiger partial charge in [-0.3, -0.25) is 0 Å². The van der Waals surface area contributed by atoms with Gasteiger partial charge in [0.1, 0.15) is 11.8 Å². The fourth-order valence-electron chi connectivity index (χ4n) is 2.74. The lowest BCUT2D eigenvalue weighted by Crippen LogP contribution is -2.47. The molecule has 1 aromatic carbocycles. The molecule has 2 aromatic rings. The molecule has 0 saturated carbocycles. The zero-order chi connectivity index (χ0) is 15.5. The molecule has 0 unspecified atom stereocenters. The van der Waals surface area contributed by atoms with E-state index < -0.39 is 0 Å². The van der Waals surface area contributed by atoms with E-state index in [1.54, 1.807) is 6.07 Å². The summed E-state index contributed by atoms with van der Waals surface area (Å²) in [4.78, 5) is 13.3. The summed E-state index contributed by atoms with van der Waals surface area (Å²) in [6.45, 7) is 7.61. The van der Waals surface area contributed by atoms with Crippen LogP contribution in [0.1, 0.15) is 17.0 Å². The van der Waals surface area contributed by atoms with E-state index in [0.717, 1.165) is 31.9 Å². The summed E-state index contributed by atoms with van der Waals surface area (Å²) in [6.07, 6.45) is 0. The van der Waals surface area contributed by atoms with Crippen molar-refractivity contribution in [1.29, 1.82) is 5.26 Å². The Balaban J connectivity index is 1.72. The quantitative estimate of drug-likeness (QED) is 0.850. The van der Waals surface area contributed by atoms with Gasteiger partial charge >= 0.3 is 0 Å². The van der Waals surface area contributed by atoms with Crippen LogP contribution < -0.4 is 9.80 Å². The van der Waals surface area contributed by atoms with Gasteiger partial charge in [0.25, 0.3) is 0 Å². The van der Waals surface area contributed by atoms with Crippen molar-refractivity contribution < 1.29 is 0 Å². The molecule has 5 heteroatoms. The second-order valence-corrected chi connectivity index (χ2v) is 5.62. The van der Waals surface area contributed by atoms with Gasteiger partial charge in [0.2, 0.25) is 5.95 Å². The van der Waals surface area contributed by atoms with Gasteiger partial charge in [0.15, 0.2) is 0 Å². The van der Waals surface area contributed by atoms with E-state index >= 15 is 0 Å². The van der Waals surface area contributed by atoms with Crippen molar-refractivity contribution in [3.63, 3.8) is 0 Å². The predicted octanol–water partition coefficient (Wildman–Crippen LogP) is 2.29. The maximum Gasteiger partial charge on any atom is 0.226 e. The van der Waals surface area contributed by atoms with Crippen LogP contribution in [0.15, 0.2) is 30.3 Å². The molecule has 1 aliphatic heterocycles. The maximum atomic E-state index is 9.03. The molecule has 112 valence electrons. The van der Waals surface area contributed by atoms with Crippen LogP contribution in [-0.4, -0.2) is 36.1 Å². The first kappa shape index (κ1) is 14.3. The highest BCUT2D eigenvalue weighted by molar-refractivity contribution is 5.50. The molecule has 5 nitrogen and oxygen atoms in total. The highest BCUT2D eigenvalue weighted by atomic mass is 15.3. The molecule has 2 heterocycles. The molecule has 0 spiro atoms. The Labute approximate surface area is 130 Å². The number of benzene rings is 1. The number of anilines is 2. The summed E-state index contributed by atoms with van der Waals surface area (Å²) < 4.78 is 0. The predicted molar refractivity (Wildman–Crippen MR) is 87.1 cm³/mol. The molecular weight excluding hydrogens is 274 g/mol. The molecule has 1 fully saturated rings. The summed E-state index contributed by atoms with van der Waals surface area (Å²) >= 11 is 0. The lowest BCUT2D eigenvalue weighted by molar-refractivity contribution is 0.638. The number of aryl methyl sites for hydroxylation is 2. The van der Waals surface area contributed by atoms with Crippen molar-refractivity contribution in [3.8, 4) is 6.07 Å². The zero-order valence-electron chi connectivity index (χ0n) is 13.0. The van der Waals surface area contributed by atoms with E-state index in [2.05, 4.69) is 57.0 Å². The Morgan fingerprint density at radius 1 is 1.00 bits per heavy atom. The standard InChI is InChI=1S/C17H19N5/c1-13-4-3-5-16(10-13)21-6-8-22(9-7-21)17-19-14(2)11-15(12-18)20-17/h3-5,10-11H,6-9H2,1-2H3. The number of aromatic nitrogens is 2. The van der Waals surface area contributed by atoms with Gasteiger partial charge < -0.3 is 9.80 Å². The number of hydrogen-bond acceptors (Lipinski definition) is 5. The molecule has 1 aromatic heterocycles. The number of rotatable bonds is 2. The second kappa shape index (κ2) is 6.02. The first-order valence-electron chi connectivity index (χ1n) is 7.48. The largest absolute Gasteiger partial charge is 0.368 e. The molecule has 1 saturated heterocycles. The van der Waals surface area contributed by atoms with Gasteiger partial charge in [0, 0.05) is 37.6 Å². The summed E-state index contributed by atoms with van der Waals surface area (Å²) in [5, 5.41) is 9.03. The molecule has 0 aliphatic carbocycles. The van der Waals surface area contributed by atoms with Gasteiger partial charge in [-0.05, 0) is 37.6 Å². The average Bonchev–Trinajstić information content (AvgIpc) is 2.54. The third-order valence-corrected chi connectivity index (χ3v) is 3.89. The fourth-order valence-corrected chi connectivity index (χ4v) is 2.74. The van der Waals surface area contributed by atoms with Gasteiger partial charge in [-0.25, -0.2) is 9.97 Å². The molecule has 0 radical (unpaired) electrons. The summed E-state index contributed by atoms with van der Waals surface area (Å²) in [7, 11) is 0. The minimum Gasteiger partial charge on any atom is -0.368 e. The second-order valence-electron chi connectivity index (χ2n) is 5.62. The third kappa shape index (κ3) is 3.01. The smallest absolute Gasteiger partial charge is 0.226 e. The van der Waals surface area contributed by atoms with E-state index in [4.69, 9.17) is 5.26 Å². The first-order chi connectivity index (χ1) is 10.7. The van der Waals surface area contributed by atoms with Crippen molar-refractivity contribution in [1.82, 2.24) is 9.97 Å². The number of piperazine rings is 1. The van der Waals surface area contributed by atoms with Crippen LogP contribution in [0.5, 0.6) is 0 Å². The van der Waals surface area contributed by atoms with Crippen molar-refractivity contribution in [3.05, 3.63) is 47.3 Å². The minimum absolute atomic E-state index is 0.434. The topological polar surface area (TPSA) is 56.0 Å². The zero-order valence-corrected chi connectivity index (χ0v) is 13.0. The molecule has 0 amide bonds. The molecule has 0 N–H and O–H groups in total.